The van der Waals surface area contributed by atoms with Crippen LogP contribution < -0.4 is 0 Å². The van der Waals surface area contributed by atoms with E-state index in [1.165, 1.54) is 25.5 Å². The van der Waals surface area contributed by atoms with Crippen LogP contribution in [0.3, 0.4) is 0 Å². The summed E-state index contributed by atoms with van der Waals surface area (Å²) >= 11 is 3.54. The van der Waals surface area contributed by atoms with Gasteiger partial charge in [0.25, 0.3) is 0 Å². The normalized spacial score (nSPS) is 20.1. The van der Waals surface area contributed by atoms with Crippen molar-refractivity contribution in [3.63, 3.8) is 0 Å². The monoisotopic (exact) mass is 311 g/mol. The maximum atomic E-state index is 11.4. The Labute approximate surface area is 116 Å². The highest BCUT2D eigenvalue weighted by Gasteiger charge is 2.21. The molecule has 0 amide bonds. The first-order valence-corrected chi connectivity index (χ1v) is 7.02. The molecule has 18 heavy (non-hydrogen) atoms. The SMILES string of the molecule is COC(=O)c1ccc(CN2CCCC2C)c(Br)c1. The van der Waals surface area contributed by atoms with Crippen molar-refractivity contribution >= 4 is 21.9 Å². The van der Waals surface area contributed by atoms with Crippen molar-refractivity contribution in [3.8, 4) is 0 Å². The minimum Gasteiger partial charge on any atom is -0.465 e. The molecule has 0 spiro atoms. The zero-order valence-electron chi connectivity index (χ0n) is 10.8. The average molecular weight is 312 g/mol. The van der Waals surface area contributed by atoms with E-state index >= 15 is 0 Å². The number of carbonyl (C=O) groups is 1. The molecule has 0 radical (unpaired) electrons. The molecular weight excluding hydrogens is 294 g/mol. The van der Waals surface area contributed by atoms with E-state index in [2.05, 4.69) is 27.8 Å². The quantitative estimate of drug-likeness (QED) is 0.803. The van der Waals surface area contributed by atoms with E-state index in [1.807, 2.05) is 18.2 Å². The highest BCUT2D eigenvalue weighted by Crippen LogP contribution is 2.25. The molecule has 1 aromatic carbocycles. The lowest BCUT2D eigenvalue weighted by Gasteiger charge is -2.21. The lowest BCUT2D eigenvalue weighted by Crippen LogP contribution is -2.26. The Bertz CT molecular complexity index is 447. The van der Waals surface area contributed by atoms with E-state index in [-0.39, 0.29) is 5.97 Å². The number of esters is 1. The highest BCUT2D eigenvalue weighted by atomic mass is 79.9. The number of likely N-dealkylation sites (tertiary alicyclic amines) is 1. The third-order valence-electron chi connectivity index (χ3n) is 3.54. The molecule has 0 aromatic heterocycles. The third kappa shape index (κ3) is 2.93. The van der Waals surface area contributed by atoms with E-state index in [4.69, 9.17) is 4.74 Å². The van der Waals surface area contributed by atoms with Gasteiger partial charge in [0.1, 0.15) is 0 Å². The van der Waals surface area contributed by atoms with Gasteiger partial charge in [-0.05, 0) is 44.0 Å². The summed E-state index contributed by atoms with van der Waals surface area (Å²) in [5, 5.41) is 0. The molecule has 0 N–H and O–H groups in total. The van der Waals surface area contributed by atoms with Crippen molar-refractivity contribution in [1.82, 2.24) is 4.90 Å². The number of rotatable bonds is 3. The van der Waals surface area contributed by atoms with Crippen LogP contribution in [0.4, 0.5) is 0 Å². The van der Waals surface area contributed by atoms with Crippen molar-refractivity contribution in [3.05, 3.63) is 33.8 Å². The van der Waals surface area contributed by atoms with Crippen LogP contribution in [-0.2, 0) is 11.3 Å². The first kappa shape index (κ1) is 13.6. The predicted octanol–water partition coefficient (Wildman–Crippen LogP) is 3.22. The number of ether oxygens (including phenoxy) is 1. The molecular formula is C14H18BrNO2. The molecule has 3 nitrogen and oxygen atoms in total. The maximum absolute atomic E-state index is 11.4. The van der Waals surface area contributed by atoms with Crippen molar-refractivity contribution in [2.75, 3.05) is 13.7 Å². The summed E-state index contributed by atoms with van der Waals surface area (Å²) < 4.78 is 5.69. The maximum Gasteiger partial charge on any atom is 0.337 e. The number of carbonyl (C=O) groups excluding carboxylic acids is 1. The molecule has 1 saturated heterocycles. The van der Waals surface area contributed by atoms with E-state index in [1.54, 1.807) is 0 Å². The zero-order chi connectivity index (χ0) is 13.1. The van der Waals surface area contributed by atoms with Crippen LogP contribution in [-0.4, -0.2) is 30.6 Å². The molecule has 2 rings (SSSR count). The topological polar surface area (TPSA) is 29.5 Å². The number of nitrogens with zero attached hydrogens (tertiary/aromatic N) is 1. The summed E-state index contributed by atoms with van der Waals surface area (Å²) in [6, 6.07) is 6.31. The Balaban J connectivity index is 2.12. The number of hydrogen-bond acceptors (Lipinski definition) is 3. The molecule has 1 atom stereocenters. The van der Waals surface area contributed by atoms with Gasteiger partial charge in [-0.25, -0.2) is 4.79 Å². The standard InChI is InChI=1S/C14H18BrNO2/c1-10-4-3-7-16(10)9-12-6-5-11(8-13(12)15)14(17)18-2/h5-6,8,10H,3-4,7,9H2,1-2H3. The van der Waals surface area contributed by atoms with Crippen LogP contribution >= 0.6 is 15.9 Å². The molecule has 1 heterocycles. The van der Waals surface area contributed by atoms with Gasteiger partial charge in [0.05, 0.1) is 12.7 Å². The van der Waals surface area contributed by atoms with Gasteiger partial charge < -0.3 is 4.74 Å². The van der Waals surface area contributed by atoms with Gasteiger partial charge in [-0.3, -0.25) is 4.90 Å². The van der Waals surface area contributed by atoms with E-state index in [0.717, 1.165) is 17.6 Å². The molecule has 1 unspecified atom stereocenters. The van der Waals surface area contributed by atoms with Gasteiger partial charge in [0.2, 0.25) is 0 Å². The van der Waals surface area contributed by atoms with Crippen LogP contribution in [0.5, 0.6) is 0 Å². The minimum absolute atomic E-state index is 0.295. The molecule has 0 bridgehead atoms. The van der Waals surface area contributed by atoms with Gasteiger partial charge in [-0.15, -0.1) is 0 Å². The van der Waals surface area contributed by atoms with Gasteiger partial charge >= 0.3 is 5.97 Å². The zero-order valence-corrected chi connectivity index (χ0v) is 12.4. The first-order chi connectivity index (χ1) is 8.61. The fourth-order valence-electron chi connectivity index (χ4n) is 2.37. The Morgan fingerprint density at radius 2 is 2.33 bits per heavy atom. The lowest BCUT2D eigenvalue weighted by molar-refractivity contribution is 0.0600. The van der Waals surface area contributed by atoms with Crippen LogP contribution in [0.1, 0.15) is 35.7 Å². The van der Waals surface area contributed by atoms with Crippen molar-refractivity contribution in [2.45, 2.75) is 32.4 Å². The number of halogens is 1. The third-order valence-corrected chi connectivity index (χ3v) is 4.28. The molecule has 1 fully saturated rings. The summed E-state index contributed by atoms with van der Waals surface area (Å²) in [4.78, 5) is 13.9. The van der Waals surface area contributed by atoms with Crippen LogP contribution in [0.15, 0.2) is 22.7 Å². The smallest absolute Gasteiger partial charge is 0.337 e. The first-order valence-electron chi connectivity index (χ1n) is 6.22. The van der Waals surface area contributed by atoms with Crippen molar-refractivity contribution in [2.24, 2.45) is 0 Å². The molecule has 0 aliphatic carbocycles. The van der Waals surface area contributed by atoms with E-state index in [0.29, 0.717) is 11.6 Å². The number of benzene rings is 1. The number of hydrogen-bond donors (Lipinski definition) is 0. The van der Waals surface area contributed by atoms with Crippen LogP contribution in [0.2, 0.25) is 0 Å². The second kappa shape index (κ2) is 5.85. The fraction of sp³-hybridized carbons (Fsp3) is 0.500. The lowest BCUT2D eigenvalue weighted by atomic mass is 10.1. The molecule has 1 aliphatic rings. The Kier molecular flexibility index (Phi) is 4.40. The van der Waals surface area contributed by atoms with Gasteiger partial charge in [0, 0.05) is 17.1 Å². The Hall–Kier alpha value is -0.870. The number of methoxy groups -OCH3 is 1. The summed E-state index contributed by atoms with van der Waals surface area (Å²) in [7, 11) is 1.40. The summed E-state index contributed by atoms with van der Waals surface area (Å²) in [6.45, 7) is 4.36. The van der Waals surface area contributed by atoms with Crippen LogP contribution in [0, 0.1) is 0 Å². The van der Waals surface area contributed by atoms with E-state index < -0.39 is 0 Å². The minimum atomic E-state index is -0.295. The molecule has 1 aromatic rings. The van der Waals surface area contributed by atoms with Gasteiger partial charge in [-0.1, -0.05) is 22.0 Å². The largest absolute Gasteiger partial charge is 0.465 e. The predicted molar refractivity (Wildman–Crippen MR) is 74.6 cm³/mol. The molecule has 4 heteroatoms. The molecule has 0 saturated carbocycles. The van der Waals surface area contributed by atoms with Crippen LogP contribution in [0.25, 0.3) is 0 Å². The van der Waals surface area contributed by atoms with Crippen molar-refractivity contribution < 1.29 is 9.53 Å². The Morgan fingerprint density at radius 3 is 2.89 bits per heavy atom. The molecule has 1 aliphatic heterocycles. The van der Waals surface area contributed by atoms with Gasteiger partial charge in [0.15, 0.2) is 0 Å². The van der Waals surface area contributed by atoms with Gasteiger partial charge in [-0.2, -0.15) is 0 Å². The Morgan fingerprint density at radius 1 is 1.56 bits per heavy atom. The average Bonchev–Trinajstić information content (AvgIpc) is 2.76. The summed E-state index contributed by atoms with van der Waals surface area (Å²) in [5.74, 6) is -0.295. The fourth-order valence-corrected chi connectivity index (χ4v) is 2.87. The van der Waals surface area contributed by atoms with E-state index in [9.17, 15) is 4.79 Å². The summed E-state index contributed by atoms with van der Waals surface area (Å²) in [5.41, 5.74) is 1.80. The molecule has 98 valence electrons. The second-order valence-corrected chi connectivity index (χ2v) is 5.61. The summed E-state index contributed by atoms with van der Waals surface area (Å²) in [6.07, 6.45) is 2.55. The van der Waals surface area contributed by atoms with Crippen molar-refractivity contribution in [1.29, 1.82) is 0 Å². The second-order valence-electron chi connectivity index (χ2n) is 4.76. The highest BCUT2D eigenvalue weighted by molar-refractivity contribution is 9.10.